The van der Waals surface area contributed by atoms with Crippen LogP contribution in [-0.2, 0) is 0 Å². The Morgan fingerprint density at radius 1 is 0.781 bits per heavy atom. The van der Waals surface area contributed by atoms with Crippen molar-refractivity contribution in [3.05, 3.63) is 88.7 Å². The molecule has 3 aromatic rings. The van der Waals surface area contributed by atoms with Gasteiger partial charge in [0, 0.05) is 36.1 Å². The first-order valence-electron chi connectivity index (χ1n) is 10.7. The largest absolute Gasteiger partial charge is 0.339 e. The molecule has 2 aromatic carbocycles. The number of nitrogens with one attached hydrogen (secondary N) is 1. The number of pyridine rings is 1. The molecule has 6 heteroatoms. The Balaban J connectivity index is 1.66. The summed E-state index contributed by atoms with van der Waals surface area (Å²) in [7, 11) is 0. The fraction of sp³-hybridized carbons (Fsp3) is 0.231. The van der Waals surface area contributed by atoms with Crippen LogP contribution in [0.25, 0.3) is 11.1 Å². The molecule has 0 bridgehead atoms. The number of nitrogens with zero attached hydrogens (tertiary/aromatic N) is 2. The third-order valence-corrected chi connectivity index (χ3v) is 5.62. The molecule has 32 heavy (non-hydrogen) atoms. The van der Waals surface area contributed by atoms with Crippen LogP contribution in [0.3, 0.4) is 0 Å². The van der Waals surface area contributed by atoms with E-state index in [4.69, 9.17) is 0 Å². The second-order valence-electron chi connectivity index (χ2n) is 8.14. The zero-order valence-corrected chi connectivity index (χ0v) is 18.2. The van der Waals surface area contributed by atoms with Gasteiger partial charge in [-0.25, -0.2) is 0 Å². The summed E-state index contributed by atoms with van der Waals surface area (Å²) in [6, 6.07) is 16.3. The van der Waals surface area contributed by atoms with Gasteiger partial charge in [-0.3, -0.25) is 24.7 Å². The van der Waals surface area contributed by atoms with Crippen molar-refractivity contribution in [2.75, 3.05) is 13.1 Å². The highest BCUT2D eigenvalue weighted by molar-refractivity contribution is 6.11. The number of imide groups is 1. The van der Waals surface area contributed by atoms with E-state index in [9.17, 15) is 14.4 Å². The molecule has 1 aromatic heterocycles. The maximum absolute atomic E-state index is 13.1. The Labute approximate surface area is 187 Å². The van der Waals surface area contributed by atoms with Crippen molar-refractivity contribution in [2.45, 2.75) is 26.7 Å². The standard InChI is InChI=1S/C26H25N3O3/c1-17-5-8-19(9-6-17)21-13-22(15-23(14-21)26(32)29-11-3-4-12-29)25(31)28-24(30)20-10-7-18(2)27-16-20/h5-10,13-16H,3-4,11-12H2,1-2H3,(H,28,30,31). The number of likely N-dealkylation sites (tertiary alicyclic amines) is 1. The zero-order valence-electron chi connectivity index (χ0n) is 18.2. The van der Waals surface area contributed by atoms with Gasteiger partial charge in [0.15, 0.2) is 0 Å². The lowest BCUT2D eigenvalue weighted by Crippen LogP contribution is -2.31. The van der Waals surface area contributed by atoms with E-state index in [1.54, 1.807) is 29.2 Å². The van der Waals surface area contributed by atoms with Gasteiger partial charge < -0.3 is 4.90 Å². The van der Waals surface area contributed by atoms with Crippen LogP contribution in [0.1, 0.15) is 55.2 Å². The Morgan fingerprint density at radius 3 is 2.09 bits per heavy atom. The van der Waals surface area contributed by atoms with E-state index in [1.807, 2.05) is 44.2 Å². The molecule has 0 atom stereocenters. The van der Waals surface area contributed by atoms with Gasteiger partial charge in [-0.2, -0.15) is 0 Å². The van der Waals surface area contributed by atoms with E-state index in [0.29, 0.717) is 24.2 Å². The summed E-state index contributed by atoms with van der Waals surface area (Å²) in [5, 5.41) is 2.41. The first-order chi connectivity index (χ1) is 15.4. The Morgan fingerprint density at radius 2 is 1.44 bits per heavy atom. The van der Waals surface area contributed by atoms with Crippen molar-refractivity contribution in [1.82, 2.24) is 15.2 Å². The highest BCUT2D eigenvalue weighted by Gasteiger charge is 2.22. The van der Waals surface area contributed by atoms with Gasteiger partial charge in [0.05, 0.1) is 5.56 Å². The van der Waals surface area contributed by atoms with E-state index >= 15 is 0 Å². The molecule has 1 aliphatic heterocycles. The minimum absolute atomic E-state index is 0.0976. The molecule has 2 heterocycles. The number of amides is 3. The highest BCUT2D eigenvalue weighted by Crippen LogP contribution is 2.25. The van der Waals surface area contributed by atoms with Crippen LogP contribution in [0.2, 0.25) is 0 Å². The number of carbonyl (C=O) groups excluding carboxylic acids is 3. The fourth-order valence-corrected chi connectivity index (χ4v) is 3.75. The summed E-state index contributed by atoms with van der Waals surface area (Å²) in [6.07, 6.45) is 3.40. The molecule has 162 valence electrons. The average Bonchev–Trinajstić information content (AvgIpc) is 3.34. The highest BCUT2D eigenvalue weighted by atomic mass is 16.2. The van der Waals surface area contributed by atoms with E-state index in [1.165, 1.54) is 6.20 Å². The van der Waals surface area contributed by atoms with Crippen molar-refractivity contribution in [3.8, 4) is 11.1 Å². The number of hydrogen-bond acceptors (Lipinski definition) is 4. The molecular weight excluding hydrogens is 402 g/mol. The van der Waals surface area contributed by atoms with Crippen LogP contribution >= 0.6 is 0 Å². The van der Waals surface area contributed by atoms with Crippen molar-refractivity contribution in [2.24, 2.45) is 0 Å². The smallest absolute Gasteiger partial charge is 0.259 e. The molecule has 0 aliphatic carbocycles. The lowest BCUT2D eigenvalue weighted by molar-refractivity contribution is 0.0792. The van der Waals surface area contributed by atoms with Gasteiger partial charge in [-0.05, 0) is 68.1 Å². The Bertz CT molecular complexity index is 1160. The van der Waals surface area contributed by atoms with Gasteiger partial charge in [0.2, 0.25) is 0 Å². The molecule has 0 unspecified atom stereocenters. The molecule has 6 nitrogen and oxygen atoms in total. The molecule has 3 amide bonds. The summed E-state index contributed by atoms with van der Waals surface area (Å²) in [5.41, 5.74) is 4.56. The molecule has 1 fully saturated rings. The van der Waals surface area contributed by atoms with E-state index in [-0.39, 0.29) is 11.5 Å². The predicted molar refractivity (Wildman–Crippen MR) is 123 cm³/mol. The second kappa shape index (κ2) is 9.14. The quantitative estimate of drug-likeness (QED) is 0.634. The molecule has 1 saturated heterocycles. The topological polar surface area (TPSA) is 79.4 Å². The average molecular weight is 428 g/mol. The Kier molecular flexibility index (Phi) is 6.12. The molecule has 4 rings (SSSR count). The first-order valence-corrected chi connectivity index (χ1v) is 10.7. The summed E-state index contributed by atoms with van der Waals surface area (Å²) < 4.78 is 0. The third-order valence-electron chi connectivity index (χ3n) is 5.62. The summed E-state index contributed by atoms with van der Waals surface area (Å²) in [6.45, 7) is 5.26. The minimum Gasteiger partial charge on any atom is -0.339 e. The number of rotatable bonds is 4. The van der Waals surface area contributed by atoms with Gasteiger partial charge in [-0.15, -0.1) is 0 Å². The number of aryl methyl sites for hydroxylation is 2. The lowest BCUT2D eigenvalue weighted by atomic mass is 9.98. The number of carbonyl (C=O) groups is 3. The molecule has 0 spiro atoms. The van der Waals surface area contributed by atoms with Crippen LogP contribution in [0, 0.1) is 13.8 Å². The number of hydrogen-bond donors (Lipinski definition) is 1. The van der Waals surface area contributed by atoms with Crippen LogP contribution in [0.4, 0.5) is 0 Å². The van der Waals surface area contributed by atoms with Gasteiger partial charge in [0.25, 0.3) is 17.7 Å². The molecule has 0 saturated carbocycles. The van der Waals surface area contributed by atoms with Crippen LogP contribution < -0.4 is 5.32 Å². The number of aromatic nitrogens is 1. The van der Waals surface area contributed by atoms with E-state index in [0.717, 1.165) is 35.2 Å². The second-order valence-corrected chi connectivity index (χ2v) is 8.14. The first kappa shape index (κ1) is 21.4. The molecule has 0 radical (unpaired) electrons. The van der Waals surface area contributed by atoms with Gasteiger partial charge >= 0.3 is 0 Å². The van der Waals surface area contributed by atoms with Crippen molar-refractivity contribution in [3.63, 3.8) is 0 Å². The van der Waals surface area contributed by atoms with Crippen LogP contribution in [-0.4, -0.2) is 40.7 Å². The molecular formula is C26H25N3O3. The summed E-state index contributed by atoms with van der Waals surface area (Å²) in [5.74, 6) is -1.18. The fourth-order valence-electron chi connectivity index (χ4n) is 3.75. The zero-order chi connectivity index (χ0) is 22.7. The SMILES string of the molecule is Cc1ccc(-c2cc(C(=O)NC(=O)c3ccc(C)nc3)cc(C(=O)N3CCCC3)c2)cc1. The third kappa shape index (κ3) is 4.75. The number of benzene rings is 2. The Hall–Kier alpha value is -3.80. The van der Waals surface area contributed by atoms with Crippen molar-refractivity contribution >= 4 is 17.7 Å². The van der Waals surface area contributed by atoms with Crippen molar-refractivity contribution in [1.29, 1.82) is 0 Å². The normalized spacial score (nSPS) is 13.1. The van der Waals surface area contributed by atoms with Gasteiger partial charge in [0.1, 0.15) is 0 Å². The van der Waals surface area contributed by atoms with E-state index in [2.05, 4.69) is 10.3 Å². The molecule has 1 N–H and O–H groups in total. The van der Waals surface area contributed by atoms with Crippen LogP contribution in [0.15, 0.2) is 60.8 Å². The summed E-state index contributed by atoms with van der Waals surface area (Å²) in [4.78, 5) is 44.4. The maximum atomic E-state index is 13.1. The van der Waals surface area contributed by atoms with Crippen molar-refractivity contribution < 1.29 is 14.4 Å². The lowest BCUT2D eigenvalue weighted by Gasteiger charge is -2.17. The monoisotopic (exact) mass is 427 g/mol. The summed E-state index contributed by atoms with van der Waals surface area (Å²) >= 11 is 0. The maximum Gasteiger partial charge on any atom is 0.259 e. The minimum atomic E-state index is -0.556. The van der Waals surface area contributed by atoms with Gasteiger partial charge in [-0.1, -0.05) is 29.8 Å². The molecule has 1 aliphatic rings. The predicted octanol–water partition coefficient (Wildman–Crippen LogP) is 4.17. The van der Waals surface area contributed by atoms with E-state index < -0.39 is 11.8 Å². The van der Waals surface area contributed by atoms with Crippen LogP contribution in [0.5, 0.6) is 0 Å².